The van der Waals surface area contributed by atoms with Crippen molar-refractivity contribution >= 4 is 38.9 Å². The summed E-state index contributed by atoms with van der Waals surface area (Å²) < 4.78 is 28.0. The number of carbonyl (C=O) groups is 1. The van der Waals surface area contributed by atoms with E-state index in [1.807, 2.05) is 0 Å². The lowest BCUT2D eigenvalue weighted by atomic mass is 9.72. The zero-order valence-electron chi connectivity index (χ0n) is 11.8. The van der Waals surface area contributed by atoms with Crippen molar-refractivity contribution in [2.45, 2.75) is 49.8 Å². The fourth-order valence-corrected chi connectivity index (χ4v) is 5.70. The Morgan fingerprint density at radius 2 is 2.19 bits per heavy atom. The lowest BCUT2D eigenvalue weighted by Gasteiger charge is -2.37. The first kappa shape index (κ1) is 16.7. The highest BCUT2D eigenvalue weighted by Crippen LogP contribution is 2.38. The number of carboxylic acids is 1. The van der Waals surface area contributed by atoms with Crippen LogP contribution in [0.1, 0.15) is 38.2 Å². The van der Waals surface area contributed by atoms with E-state index in [0.29, 0.717) is 22.7 Å². The molecule has 118 valence electrons. The summed E-state index contributed by atoms with van der Waals surface area (Å²) in [5.41, 5.74) is -0.367. The Morgan fingerprint density at radius 1 is 1.52 bits per heavy atom. The third-order valence-electron chi connectivity index (χ3n) is 4.09. The molecule has 1 heterocycles. The van der Waals surface area contributed by atoms with E-state index >= 15 is 0 Å². The Labute approximate surface area is 133 Å². The number of carboxylic acid groups (broad SMARTS) is 1. The van der Waals surface area contributed by atoms with Gasteiger partial charge in [-0.15, -0.1) is 11.3 Å². The molecule has 21 heavy (non-hydrogen) atoms. The first-order valence-electron chi connectivity index (χ1n) is 6.68. The highest BCUT2D eigenvalue weighted by Gasteiger charge is 2.45. The monoisotopic (exact) mass is 351 g/mol. The molecule has 0 aromatic carbocycles. The highest BCUT2D eigenvalue weighted by molar-refractivity contribution is 7.91. The van der Waals surface area contributed by atoms with Crippen LogP contribution < -0.4 is 4.72 Å². The standard InChI is InChI=1S/C13H18ClNO4S2/c1-8-7-10(20-11(8)14)21(18,19)15-9-5-3-4-6-13(9,2)12(16)17/h7,9,15H,3-6H2,1-2H3,(H,16,17). The Morgan fingerprint density at radius 3 is 2.71 bits per heavy atom. The Bertz CT molecular complexity index is 636. The molecule has 0 amide bonds. The van der Waals surface area contributed by atoms with Crippen LogP contribution in [0.4, 0.5) is 0 Å². The summed E-state index contributed by atoms with van der Waals surface area (Å²) in [6, 6.07) is 0.908. The van der Waals surface area contributed by atoms with E-state index in [4.69, 9.17) is 11.6 Å². The SMILES string of the molecule is Cc1cc(S(=O)(=O)NC2CCCCC2(C)C(=O)O)sc1Cl. The maximum atomic E-state index is 12.4. The summed E-state index contributed by atoms with van der Waals surface area (Å²) in [5.74, 6) is -0.963. The minimum absolute atomic E-state index is 0.128. The molecule has 1 aromatic heterocycles. The molecule has 1 aliphatic carbocycles. The molecule has 0 bridgehead atoms. The lowest BCUT2D eigenvalue weighted by molar-refractivity contribution is -0.151. The second-order valence-corrected chi connectivity index (χ2v) is 9.26. The molecule has 8 heteroatoms. The summed E-state index contributed by atoms with van der Waals surface area (Å²) >= 11 is 6.90. The number of nitrogens with one attached hydrogen (secondary N) is 1. The van der Waals surface area contributed by atoms with Gasteiger partial charge in [-0.05, 0) is 38.3 Å². The van der Waals surface area contributed by atoms with Crippen molar-refractivity contribution in [1.29, 1.82) is 0 Å². The largest absolute Gasteiger partial charge is 0.481 e. The maximum Gasteiger partial charge on any atom is 0.310 e. The van der Waals surface area contributed by atoms with Gasteiger partial charge in [0.05, 0.1) is 9.75 Å². The summed E-state index contributed by atoms with van der Waals surface area (Å²) in [4.78, 5) is 11.5. The van der Waals surface area contributed by atoms with Crippen LogP contribution in [0.25, 0.3) is 0 Å². The molecule has 0 saturated heterocycles. The lowest BCUT2D eigenvalue weighted by Crippen LogP contribution is -2.51. The molecule has 2 N–H and O–H groups in total. The average Bonchev–Trinajstić information content (AvgIpc) is 2.73. The van der Waals surface area contributed by atoms with Crippen molar-refractivity contribution in [3.05, 3.63) is 16.0 Å². The van der Waals surface area contributed by atoms with E-state index < -0.39 is 27.4 Å². The van der Waals surface area contributed by atoms with Crippen LogP contribution in [0.15, 0.2) is 10.3 Å². The van der Waals surface area contributed by atoms with E-state index in [-0.39, 0.29) is 4.21 Å². The van der Waals surface area contributed by atoms with Gasteiger partial charge in [-0.3, -0.25) is 4.79 Å². The number of aryl methyl sites for hydroxylation is 1. The summed E-state index contributed by atoms with van der Waals surface area (Å²) in [5, 5.41) is 9.43. The second kappa shape index (κ2) is 5.87. The van der Waals surface area contributed by atoms with Crippen LogP contribution in [-0.2, 0) is 14.8 Å². The number of hydrogen-bond acceptors (Lipinski definition) is 4. The van der Waals surface area contributed by atoms with Crippen molar-refractivity contribution < 1.29 is 18.3 Å². The Balaban J connectivity index is 2.28. The summed E-state index contributed by atoms with van der Waals surface area (Å²) in [6.07, 6.45) is 2.62. The van der Waals surface area contributed by atoms with Gasteiger partial charge >= 0.3 is 5.97 Å². The molecule has 2 atom stereocenters. The number of sulfonamides is 1. The number of halogens is 1. The van der Waals surface area contributed by atoms with Gasteiger partial charge in [-0.25, -0.2) is 13.1 Å². The van der Waals surface area contributed by atoms with Crippen molar-refractivity contribution in [2.24, 2.45) is 5.41 Å². The predicted octanol–water partition coefficient (Wildman–Crippen LogP) is 3.02. The van der Waals surface area contributed by atoms with Gasteiger partial charge in [0.2, 0.25) is 10.0 Å². The van der Waals surface area contributed by atoms with Gasteiger partial charge in [0.15, 0.2) is 0 Å². The number of rotatable bonds is 4. The average molecular weight is 352 g/mol. The van der Waals surface area contributed by atoms with Crippen LogP contribution >= 0.6 is 22.9 Å². The molecule has 5 nitrogen and oxygen atoms in total. The van der Waals surface area contributed by atoms with Crippen LogP contribution in [0.2, 0.25) is 4.34 Å². The summed E-state index contributed by atoms with van der Waals surface area (Å²) in [7, 11) is -3.75. The van der Waals surface area contributed by atoms with Gasteiger partial charge in [0, 0.05) is 6.04 Å². The maximum absolute atomic E-state index is 12.4. The third kappa shape index (κ3) is 3.26. The fourth-order valence-electron chi connectivity index (χ4n) is 2.59. The van der Waals surface area contributed by atoms with E-state index in [1.54, 1.807) is 13.8 Å². The molecule has 0 spiro atoms. The van der Waals surface area contributed by atoms with Crippen LogP contribution in [-0.4, -0.2) is 25.5 Å². The molecule has 2 rings (SSSR count). The number of thiophene rings is 1. The summed E-state index contributed by atoms with van der Waals surface area (Å²) in [6.45, 7) is 3.34. The van der Waals surface area contributed by atoms with Crippen LogP contribution in [0.3, 0.4) is 0 Å². The van der Waals surface area contributed by atoms with Crippen LogP contribution in [0, 0.1) is 12.3 Å². The molecule has 0 aliphatic heterocycles. The van der Waals surface area contributed by atoms with Gasteiger partial charge < -0.3 is 5.11 Å². The molecular weight excluding hydrogens is 334 g/mol. The van der Waals surface area contributed by atoms with Crippen LogP contribution in [0.5, 0.6) is 0 Å². The van der Waals surface area contributed by atoms with E-state index in [2.05, 4.69) is 4.72 Å². The Hall–Kier alpha value is -0.630. The molecule has 2 unspecified atom stereocenters. The first-order valence-corrected chi connectivity index (χ1v) is 9.36. The van der Waals surface area contributed by atoms with E-state index in [9.17, 15) is 18.3 Å². The fraction of sp³-hybridized carbons (Fsp3) is 0.615. The van der Waals surface area contributed by atoms with Crippen molar-refractivity contribution in [3.63, 3.8) is 0 Å². The predicted molar refractivity (Wildman–Crippen MR) is 82.4 cm³/mol. The second-order valence-electron chi connectivity index (χ2n) is 5.66. The third-order valence-corrected chi connectivity index (χ3v) is 7.59. The van der Waals surface area contributed by atoms with Gasteiger partial charge in [-0.1, -0.05) is 24.4 Å². The smallest absolute Gasteiger partial charge is 0.310 e. The highest BCUT2D eigenvalue weighted by atomic mass is 35.5. The molecule has 1 aromatic rings. The quantitative estimate of drug-likeness (QED) is 0.873. The Kier molecular flexibility index (Phi) is 4.68. The number of aliphatic carboxylic acids is 1. The molecule has 1 aliphatic rings. The minimum atomic E-state index is -3.75. The topological polar surface area (TPSA) is 83.5 Å². The molecule has 0 radical (unpaired) electrons. The van der Waals surface area contributed by atoms with Gasteiger partial charge in [-0.2, -0.15) is 0 Å². The van der Waals surface area contributed by atoms with Gasteiger partial charge in [0.1, 0.15) is 4.21 Å². The minimum Gasteiger partial charge on any atom is -0.481 e. The van der Waals surface area contributed by atoms with Gasteiger partial charge in [0.25, 0.3) is 0 Å². The van der Waals surface area contributed by atoms with Crippen molar-refractivity contribution in [1.82, 2.24) is 4.72 Å². The zero-order valence-corrected chi connectivity index (χ0v) is 14.2. The molecule has 1 saturated carbocycles. The van der Waals surface area contributed by atoms with E-state index in [0.717, 1.165) is 24.2 Å². The van der Waals surface area contributed by atoms with Crippen molar-refractivity contribution in [2.75, 3.05) is 0 Å². The molecular formula is C13H18ClNO4S2. The zero-order chi connectivity index (χ0) is 15.8. The van der Waals surface area contributed by atoms with Crippen molar-refractivity contribution in [3.8, 4) is 0 Å². The molecule has 1 fully saturated rings. The van der Waals surface area contributed by atoms with E-state index in [1.165, 1.54) is 6.07 Å². The number of hydrogen-bond donors (Lipinski definition) is 2. The normalized spacial score (nSPS) is 26.7. The first-order chi connectivity index (χ1) is 9.67.